The van der Waals surface area contributed by atoms with Crippen LogP contribution in [-0.4, -0.2) is 5.78 Å². The van der Waals surface area contributed by atoms with Crippen molar-refractivity contribution in [3.8, 4) is 0 Å². The summed E-state index contributed by atoms with van der Waals surface area (Å²) in [4.78, 5) is 11.6. The van der Waals surface area contributed by atoms with Crippen molar-refractivity contribution in [1.29, 1.82) is 0 Å². The van der Waals surface area contributed by atoms with Crippen LogP contribution in [0.3, 0.4) is 0 Å². The number of benzene rings is 1. The van der Waals surface area contributed by atoms with Crippen molar-refractivity contribution < 1.29 is 4.79 Å². The summed E-state index contributed by atoms with van der Waals surface area (Å²) in [6.45, 7) is 2.23. The highest BCUT2D eigenvalue weighted by molar-refractivity contribution is 6.00. The summed E-state index contributed by atoms with van der Waals surface area (Å²) in [5.74, 6) is 0.338. The summed E-state index contributed by atoms with van der Waals surface area (Å²) >= 11 is 0. The Morgan fingerprint density at radius 3 is 2.81 bits per heavy atom. The van der Waals surface area contributed by atoms with E-state index in [4.69, 9.17) is 0 Å². The molecule has 1 nitrogen and oxygen atoms in total. The molecule has 1 heteroatoms. The van der Waals surface area contributed by atoms with Gasteiger partial charge in [0.1, 0.15) is 0 Å². The van der Waals surface area contributed by atoms with Gasteiger partial charge in [0.05, 0.1) is 0 Å². The molecule has 0 aromatic heterocycles. The van der Waals surface area contributed by atoms with E-state index < -0.39 is 0 Å². The van der Waals surface area contributed by atoms with Crippen molar-refractivity contribution in [2.45, 2.75) is 51.9 Å². The molecule has 0 N–H and O–H groups in total. The first-order valence-corrected chi connectivity index (χ1v) is 6.46. The minimum absolute atomic E-state index is 0.338. The van der Waals surface area contributed by atoms with Gasteiger partial charge in [-0.1, -0.05) is 38.3 Å². The van der Waals surface area contributed by atoms with Crippen molar-refractivity contribution in [2.24, 2.45) is 0 Å². The van der Waals surface area contributed by atoms with Crippen molar-refractivity contribution in [3.63, 3.8) is 0 Å². The van der Waals surface area contributed by atoms with Gasteiger partial charge in [0, 0.05) is 12.0 Å². The van der Waals surface area contributed by atoms with Crippen LogP contribution in [0.25, 0.3) is 0 Å². The molecule has 0 bridgehead atoms. The van der Waals surface area contributed by atoms with Gasteiger partial charge >= 0.3 is 0 Å². The maximum atomic E-state index is 11.6. The van der Waals surface area contributed by atoms with Gasteiger partial charge in [-0.3, -0.25) is 4.79 Å². The molecule has 1 aromatic carbocycles. The summed E-state index contributed by atoms with van der Waals surface area (Å²) in [6, 6.07) is 6.47. The van der Waals surface area contributed by atoms with Gasteiger partial charge in [-0.05, 0) is 36.5 Å². The Morgan fingerprint density at radius 2 is 2.00 bits per heavy atom. The second kappa shape index (κ2) is 5.29. The number of rotatable bonds is 5. The zero-order valence-corrected chi connectivity index (χ0v) is 10.1. The van der Waals surface area contributed by atoms with E-state index in [1.165, 1.54) is 36.8 Å². The standard InChI is InChI=1S/C15H20O/c1-2-3-4-5-6-12-7-8-13-9-10-15(16)14(13)11-12/h7-8,11H,2-6,9-10H2,1H3. The molecule has 0 saturated carbocycles. The minimum atomic E-state index is 0.338. The second-order valence-corrected chi connectivity index (χ2v) is 4.73. The number of carbonyl (C=O) groups is 1. The van der Waals surface area contributed by atoms with Gasteiger partial charge in [-0.2, -0.15) is 0 Å². The third-order valence-corrected chi connectivity index (χ3v) is 3.42. The Morgan fingerprint density at radius 1 is 1.12 bits per heavy atom. The molecule has 0 unspecified atom stereocenters. The largest absolute Gasteiger partial charge is 0.294 e. The predicted octanol–water partition coefficient (Wildman–Crippen LogP) is 3.94. The van der Waals surface area contributed by atoms with Crippen LogP contribution in [0.15, 0.2) is 18.2 Å². The fourth-order valence-corrected chi connectivity index (χ4v) is 2.40. The molecule has 16 heavy (non-hydrogen) atoms. The van der Waals surface area contributed by atoms with Gasteiger partial charge < -0.3 is 0 Å². The van der Waals surface area contributed by atoms with Gasteiger partial charge in [-0.15, -0.1) is 0 Å². The van der Waals surface area contributed by atoms with E-state index in [9.17, 15) is 4.79 Å². The molecule has 1 aliphatic carbocycles. The minimum Gasteiger partial charge on any atom is -0.294 e. The number of Topliss-reactive ketones (excluding diaryl/α,β-unsaturated/α-hetero) is 1. The molecule has 0 heterocycles. The van der Waals surface area contributed by atoms with E-state index in [-0.39, 0.29) is 0 Å². The summed E-state index contributed by atoms with van der Waals surface area (Å²) in [5.41, 5.74) is 3.58. The van der Waals surface area contributed by atoms with Crippen LogP contribution in [0.2, 0.25) is 0 Å². The molecule has 0 saturated heterocycles. The van der Waals surface area contributed by atoms with E-state index in [2.05, 4.69) is 25.1 Å². The van der Waals surface area contributed by atoms with Crippen molar-refractivity contribution >= 4 is 5.78 Å². The molecule has 1 aromatic rings. The average Bonchev–Trinajstić information content (AvgIpc) is 2.67. The first-order chi connectivity index (χ1) is 7.81. The lowest BCUT2D eigenvalue weighted by Crippen LogP contribution is -1.94. The van der Waals surface area contributed by atoms with Gasteiger partial charge in [0.15, 0.2) is 5.78 Å². The number of aryl methyl sites for hydroxylation is 2. The monoisotopic (exact) mass is 216 g/mol. The van der Waals surface area contributed by atoms with Crippen LogP contribution in [0, 0.1) is 0 Å². The topological polar surface area (TPSA) is 17.1 Å². The van der Waals surface area contributed by atoms with Gasteiger partial charge in [0.2, 0.25) is 0 Å². The van der Waals surface area contributed by atoms with Crippen molar-refractivity contribution in [3.05, 3.63) is 34.9 Å². The Balaban J connectivity index is 1.96. The summed E-state index contributed by atoms with van der Waals surface area (Å²) in [5, 5.41) is 0. The third-order valence-electron chi connectivity index (χ3n) is 3.42. The zero-order chi connectivity index (χ0) is 11.4. The van der Waals surface area contributed by atoms with Crippen LogP contribution in [0.4, 0.5) is 0 Å². The molecular weight excluding hydrogens is 196 g/mol. The Kier molecular flexibility index (Phi) is 3.76. The second-order valence-electron chi connectivity index (χ2n) is 4.73. The molecule has 0 spiro atoms. The normalized spacial score (nSPS) is 14.2. The predicted molar refractivity (Wildman–Crippen MR) is 66.9 cm³/mol. The number of carbonyl (C=O) groups excluding carboxylic acids is 1. The van der Waals surface area contributed by atoms with E-state index in [1.54, 1.807) is 0 Å². The molecule has 0 amide bonds. The highest BCUT2D eigenvalue weighted by Crippen LogP contribution is 2.23. The van der Waals surface area contributed by atoms with Gasteiger partial charge in [0.25, 0.3) is 0 Å². The van der Waals surface area contributed by atoms with Gasteiger partial charge in [-0.25, -0.2) is 0 Å². The molecule has 0 radical (unpaired) electrons. The molecule has 86 valence electrons. The summed E-state index contributed by atoms with van der Waals surface area (Å²) < 4.78 is 0. The smallest absolute Gasteiger partial charge is 0.163 e. The van der Waals surface area contributed by atoms with Crippen LogP contribution in [0.1, 0.15) is 60.5 Å². The zero-order valence-electron chi connectivity index (χ0n) is 10.1. The Bertz CT molecular complexity index is 379. The summed E-state index contributed by atoms with van der Waals surface area (Å²) in [7, 11) is 0. The molecule has 0 fully saturated rings. The number of hydrogen-bond acceptors (Lipinski definition) is 1. The van der Waals surface area contributed by atoms with E-state index in [0.717, 1.165) is 18.4 Å². The van der Waals surface area contributed by atoms with Crippen molar-refractivity contribution in [1.82, 2.24) is 0 Å². The fraction of sp³-hybridized carbons (Fsp3) is 0.533. The maximum absolute atomic E-state index is 11.6. The number of fused-ring (bicyclic) bond motifs is 1. The fourth-order valence-electron chi connectivity index (χ4n) is 2.40. The third kappa shape index (κ3) is 2.52. The molecular formula is C15H20O. The summed E-state index contributed by atoms with van der Waals surface area (Å²) in [6.07, 6.45) is 7.95. The van der Waals surface area contributed by atoms with Crippen molar-refractivity contribution in [2.75, 3.05) is 0 Å². The quantitative estimate of drug-likeness (QED) is 0.681. The highest BCUT2D eigenvalue weighted by Gasteiger charge is 2.18. The number of unbranched alkanes of at least 4 members (excludes halogenated alkanes) is 3. The lowest BCUT2D eigenvalue weighted by Gasteiger charge is -2.04. The van der Waals surface area contributed by atoms with E-state index >= 15 is 0 Å². The first-order valence-electron chi connectivity index (χ1n) is 6.46. The van der Waals surface area contributed by atoms with Crippen LogP contribution in [0.5, 0.6) is 0 Å². The Labute approximate surface area is 97.9 Å². The molecule has 0 atom stereocenters. The number of hydrogen-bond donors (Lipinski definition) is 0. The van der Waals surface area contributed by atoms with Crippen LogP contribution in [-0.2, 0) is 12.8 Å². The highest BCUT2D eigenvalue weighted by atomic mass is 16.1. The lowest BCUT2D eigenvalue weighted by molar-refractivity contribution is 0.0994. The lowest BCUT2D eigenvalue weighted by atomic mass is 10.0. The van der Waals surface area contributed by atoms with Crippen LogP contribution < -0.4 is 0 Å². The Hall–Kier alpha value is -1.11. The average molecular weight is 216 g/mol. The molecule has 0 aliphatic heterocycles. The van der Waals surface area contributed by atoms with E-state index in [0.29, 0.717) is 12.2 Å². The number of ketones is 1. The molecule has 1 aliphatic rings. The first kappa shape index (κ1) is 11.4. The maximum Gasteiger partial charge on any atom is 0.163 e. The van der Waals surface area contributed by atoms with Crippen LogP contribution >= 0.6 is 0 Å². The van der Waals surface area contributed by atoms with E-state index in [1.807, 2.05) is 0 Å². The molecule has 2 rings (SSSR count). The SMILES string of the molecule is CCCCCCc1ccc2c(c1)C(=O)CC2.